The van der Waals surface area contributed by atoms with Crippen molar-refractivity contribution in [2.45, 2.75) is 0 Å². The third-order valence-electron chi connectivity index (χ3n) is 5.79. The SMILES string of the molecule is Cn1c(=O)c(-c2c(Cl)cccc2Cl)cc2cnc(Nc3ccc(N4CCNCC4)cc3)nc21. The summed E-state index contributed by atoms with van der Waals surface area (Å²) < 4.78 is 1.49. The topological polar surface area (TPSA) is 75.1 Å². The lowest BCUT2D eigenvalue weighted by molar-refractivity contribution is 0.589. The standard InChI is InChI=1S/C24H22Cl2N6O/c1-31-22-15(13-18(23(31)33)21-19(25)3-2-4-20(21)26)14-28-24(30-22)29-16-5-7-17(8-6-16)32-11-9-27-10-12-32/h2-8,13-14,27H,9-12H2,1H3,(H,28,29,30). The van der Waals surface area contributed by atoms with E-state index < -0.39 is 0 Å². The molecule has 0 unspecified atom stereocenters. The van der Waals surface area contributed by atoms with Crippen LogP contribution in [0.5, 0.6) is 0 Å². The van der Waals surface area contributed by atoms with Gasteiger partial charge in [-0.1, -0.05) is 29.3 Å². The van der Waals surface area contributed by atoms with E-state index in [1.165, 1.54) is 10.3 Å². The van der Waals surface area contributed by atoms with Crippen LogP contribution in [0.4, 0.5) is 17.3 Å². The van der Waals surface area contributed by atoms with E-state index in [1.807, 2.05) is 12.1 Å². The first kappa shape index (κ1) is 21.7. The molecule has 0 aliphatic carbocycles. The van der Waals surface area contributed by atoms with Crippen molar-refractivity contribution in [3.63, 3.8) is 0 Å². The molecule has 0 radical (unpaired) electrons. The average Bonchev–Trinajstić information content (AvgIpc) is 2.83. The lowest BCUT2D eigenvalue weighted by atomic mass is 10.1. The number of fused-ring (bicyclic) bond motifs is 1. The largest absolute Gasteiger partial charge is 0.369 e. The molecule has 0 atom stereocenters. The number of nitrogens with zero attached hydrogens (tertiary/aromatic N) is 4. The van der Waals surface area contributed by atoms with Gasteiger partial charge in [-0.25, -0.2) is 4.98 Å². The Morgan fingerprint density at radius 1 is 1.03 bits per heavy atom. The molecule has 1 saturated heterocycles. The molecule has 0 bridgehead atoms. The minimum absolute atomic E-state index is 0.234. The van der Waals surface area contributed by atoms with Gasteiger partial charge >= 0.3 is 0 Å². The van der Waals surface area contributed by atoms with E-state index in [9.17, 15) is 4.79 Å². The van der Waals surface area contributed by atoms with E-state index in [2.05, 4.69) is 37.6 Å². The molecule has 168 valence electrons. The van der Waals surface area contributed by atoms with E-state index in [1.54, 1.807) is 37.5 Å². The van der Waals surface area contributed by atoms with Crippen LogP contribution in [0.3, 0.4) is 0 Å². The number of hydrogen-bond acceptors (Lipinski definition) is 6. The van der Waals surface area contributed by atoms with Crippen molar-refractivity contribution in [1.29, 1.82) is 0 Å². The van der Waals surface area contributed by atoms with E-state index in [0.717, 1.165) is 31.9 Å². The summed E-state index contributed by atoms with van der Waals surface area (Å²) >= 11 is 12.7. The highest BCUT2D eigenvalue weighted by Crippen LogP contribution is 2.33. The van der Waals surface area contributed by atoms with E-state index in [-0.39, 0.29) is 5.56 Å². The van der Waals surface area contributed by atoms with Crippen LogP contribution in [-0.2, 0) is 7.05 Å². The highest BCUT2D eigenvalue weighted by Gasteiger charge is 2.16. The number of benzene rings is 2. The van der Waals surface area contributed by atoms with Gasteiger partial charge in [0.25, 0.3) is 5.56 Å². The molecule has 9 heteroatoms. The Labute approximate surface area is 201 Å². The maximum Gasteiger partial charge on any atom is 0.259 e. The zero-order chi connectivity index (χ0) is 22.9. The number of piperazine rings is 1. The van der Waals surface area contributed by atoms with Gasteiger partial charge in [0.15, 0.2) is 0 Å². The van der Waals surface area contributed by atoms with Crippen LogP contribution in [-0.4, -0.2) is 40.7 Å². The smallest absolute Gasteiger partial charge is 0.259 e. The number of halogens is 2. The maximum atomic E-state index is 13.1. The number of anilines is 3. The molecule has 1 aliphatic heterocycles. The maximum absolute atomic E-state index is 13.1. The van der Waals surface area contributed by atoms with Gasteiger partial charge in [-0.3, -0.25) is 9.36 Å². The Morgan fingerprint density at radius 2 is 1.73 bits per heavy atom. The fourth-order valence-corrected chi connectivity index (χ4v) is 4.65. The molecule has 0 spiro atoms. The summed E-state index contributed by atoms with van der Waals surface area (Å²) in [5, 5.41) is 8.14. The second kappa shape index (κ2) is 9.02. The molecule has 0 amide bonds. The van der Waals surface area contributed by atoms with Crippen molar-refractivity contribution in [2.24, 2.45) is 7.05 Å². The lowest BCUT2D eigenvalue weighted by Crippen LogP contribution is -2.43. The Hall–Kier alpha value is -3.13. The molecule has 1 fully saturated rings. The number of rotatable bonds is 4. The van der Waals surface area contributed by atoms with E-state index in [4.69, 9.17) is 23.2 Å². The first-order chi connectivity index (χ1) is 16.0. The molecule has 5 rings (SSSR count). The zero-order valence-corrected chi connectivity index (χ0v) is 19.5. The Kier molecular flexibility index (Phi) is 5.93. The third-order valence-corrected chi connectivity index (χ3v) is 6.42. The third kappa shape index (κ3) is 4.27. The van der Waals surface area contributed by atoms with Crippen molar-refractivity contribution in [1.82, 2.24) is 19.9 Å². The highest BCUT2D eigenvalue weighted by molar-refractivity contribution is 6.39. The average molecular weight is 481 g/mol. The fraction of sp³-hybridized carbons (Fsp3) is 0.208. The van der Waals surface area contributed by atoms with Gasteiger partial charge in [0.2, 0.25) is 5.95 Å². The summed E-state index contributed by atoms with van der Waals surface area (Å²) in [4.78, 5) is 24.5. The van der Waals surface area contributed by atoms with Crippen molar-refractivity contribution in [3.05, 3.63) is 75.1 Å². The lowest BCUT2D eigenvalue weighted by Gasteiger charge is -2.29. The van der Waals surface area contributed by atoms with Crippen LogP contribution >= 0.6 is 23.2 Å². The van der Waals surface area contributed by atoms with E-state index >= 15 is 0 Å². The Bertz CT molecular complexity index is 1360. The number of nitrogens with one attached hydrogen (secondary N) is 2. The Morgan fingerprint density at radius 3 is 2.42 bits per heavy atom. The second-order valence-corrected chi connectivity index (χ2v) is 8.71. The number of aromatic nitrogens is 3. The van der Waals surface area contributed by atoms with Crippen LogP contribution in [0.15, 0.2) is 59.5 Å². The summed E-state index contributed by atoms with van der Waals surface area (Å²) in [6.45, 7) is 3.98. The zero-order valence-electron chi connectivity index (χ0n) is 18.0. The van der Waals surface area contributed by atoms with Crippen LogP contribution in [0.1, 0.15) is 0 Å². The summed E-state index contributed by atoms with van der Waals surface area (Å²) in [5.74, 6) is 0.413. The summed E-state index contributed by atoms with van der Waals surface area (Å²) in [6.07, 6.45) is 1.69. The van der Waals surface area contributed by atoms with Crippen molar-refractivity contribution in [3.8, 4) is 11.1 Å². The second-order valence-electron chi connectivity index (χ2n) is 7.90. The molecule has 2 N–H and O–H groups in total. The summed E-state index contributed by atoms with van der Waals surface area (Å²) in [6, 6.07) is 15.1. The Balaban J connectivity index is 1.45. The van der Waals surface area contributed by atoms with Crippen LogP contribution < -0.4 is 21.1 Å². The number of aryl methyl sites for hydroxylation is 1. The van der Waals surface area contributed by atoms with Crippen molar-refractivity contribution >= 4 is 51.6 Å². The molecule has 0 saturated carbocycles. The molecule has 2 aromatic heterocycles. The summed E-state index contributed by atoms with van der Waals surface area (Å²) in [7, 11) is 1.68. The molecule has 1 aliphatic rings. The van der Waals surface area contributed by atoms with Gasteiger partial charge in [-0.05, 0) is 42.5 Å². The molecule has 33 heavy (non-hydrogen) atoms. The van der Waals surface area contributed by atoms with Crippen LogP contribution in [0.2, 0.25) is 10.0 Å². The minimum atomic E-state index is -0.234. The molecular formula is C24H22Cl2N6O. The highest BCUT2D eigenvalue weighted by atomic mass is 35.5. The van der Waals surface area contributed by atoms with Crippen LogP contribution in [0.25, 0.3) is 22.2 Å². The van der Waals surface area contributed by atoms with Gasteiger partial charge in [-0.2, -0.15) is 4.98 Å². The molecule has 3 heterocycles. The minimum Gasteiger partial charge on any atom is -0.369 e. The normalized spacial score (nSPS) is 14.0. The van der Waals surface area contributed by atoms with Crippen LogP contribution in [0, 0.1) is 0 Å². The fourth-order valence-electron chi connectivity index (χ4n) is 4.05. The van der Waals surface area contributed by atoms with Gasteiger partial charge in [-0.15, -0.1) is 0 Å². The molecule has 2 aromatic carbocycles. The first-order valence-electron chi connectivity index (χ1n) is 10.7. The predicted molar refractivity (Wildman–Crippen MR) is 135 cm³/mol. The van der Waals surface area contributed by atoms with Gasteiger partial charge in [0.1, 0.15) is 5.65 Å². The van der Waals surface area contributed by atoms with Crippen molar-refractivity contribution < 1.29 is 0 Å². The van der Waals surface area contributed by atoms with Crippen molar-refractivity contribution in [2.75, 3.05) is 36.4 Å². The number of hydrogen-bond donors (Lipinski definition) is 2. The van der Waals surface area contributed by atoms with E-state index in [0.29, 0.717) is 38.2 Å². The first-order valence-corrected chi connectivity index (χ1v) is 11.4. The van der Waals surface area contributed by atoms with Gasteiger partial charge < -0.3 is 15.5 Å². The van der Waals surface area contributed by atoms with Gasteiger partial charge in [0, 0.05) is 61.7 Å². The molecule has 7 nitrogen and oxygen atoms in total. The monoisotopic (exact) mass is 480 g/mol. The number of pyridine rings is 1. The quantitative estimate of drug-likeness (QED) is 0.449. The van der Waals surface area contributed by atoms with Gasteiger partial charge in [0.05, 0.1) is 15.6 Å². The molecular weight excluding hydrogens is 459 g/mol. The molecule has 4 aromatic rings. The predicted octanol–water partition coefficient (Wildman–Crippen LogP) is 4.46. The summed E-state index contributed by atoms with van der Waals surface area (Å²) in [5.41, 5.74) is 3.26.